The van der Waals surface area contributed by atoms with Gasteiger partial charge in [0.15, 0.2) is 5.65 Å². The summed E-state index contributed by atoms with van der Waals surface area (Å²) in [7, 11) is 0. The van der Waals surface area contributed by atoms with Gasteiger partial charge in [-0.3, -0.25) is 4.57 Å². The number of aromatic nitrogens is 4. The molecule has 0 fully saturated rings. The quantitative estimate of drug-likeness (QED) is 0.802. The third kappa shape index (κ3) is 1.70. The molecule has 0 saturated carbocycles. The second-order valence-electron chi connectivity index (χ2n) is 5.75. The summed E-state index contributed by atoms with van der Waals surface area (Å²) in [5.41, 5.74) is 12.0. The Hall–Kier alpha value is -2.30. The second kappa shape index (κ2) is 4.35. The molecule has 21 heavy (non-hydrogen) atoms. The van der Waals surface area contributed by atoms with Crippen LogP contribution in [0.15, 0.2) is 24.3 Å². The zero-order chi connectivity index (χ0) is 14.6. The molecule has 1 aromatic carbocycles. The molecule has 0 radical (unpaired) electrons. The van der Waals surface area contributed by atoms with Crippen LogP contribution in [-0.4, -0.2) is 19.3 Å². The number of hydrogen-bond donors (Lipinski definition) is 1. The van der Waals surface area contributed by atoms with Gasteiger partial charge in [-0.15, -0.1) is 0 Å². The molecule has 5 heteroatoms. The lowest BCUT2D eigenvalue weighted by molar-refractivity contribution is 0.510. The smallest absolute Gasteiger partial charge is 0.202 e. The van der Waals surface area contributed by atoms with Crippen molar-refractivity contribution in [3.63, 3.8) is 0 Å². The van der Waals surface area contributed by atoms with E-state index < -0.39 is 0 Å². The van der Waals surface area contributed by atoms with Gasteiger partial charge in [-0.2, -0.15) is 5.10 Å². The van der Waals surface area contributed by atoms with E-state index in [0.29, 0.717) is 11.9 Å². The van der Waals surface area contributed by atoms with Gasteiger partial charge in [-0.25, -0.2) is 9.67 Å². The second-order valence-corrected chi connectivity index (χ2v) is 5.75. The lowest BCUT2D eigenvalue weighted by atomic mass is 9.77. The highest BCUT2D eigenvalue weighted by molar-refractivity contribution is 5.77. The Bertz CT molecular complexity index is 827. The van der Waals surface area contributed by atoms with Crippen LogP contribution in [0.4, 0.5) is 5.95 Å². The molecule has 4 rings (SSSR count). The summed E-state index contributed by atoms with van der Waals surface area (Å²) in [6, 6.07) is 8.64. The summed E-state index contributed by atoms with van der Waals surface area (Å²) in [4.78, 5) is 4.51. The van der Waals surface area contributed by atoms with E-state index in [9.17, 15) is 0 Å². The van der Waals surface area contributed by atoms with Gasteiger partial charge in [0.25, 0.3) is 0 Å². The van der Waals surface area contributed by atoms with Crippen molar-refractivity contribution in [3.05, 3.63) is 41.1 Å². The minimum Gasteiger partial charge on any atom is -0.369 e. The summed E-state index contributed by atoms with van der Waals surface area (Å²) in [6.45, 7) is 5.79. The van der Waals surface area contributed by atoms with Crippen LogP contribution >= 0.6 is 0 Å². The number of nitrogen functional groups attached to an aromatic ring is 1. The Morgan fingerprint density at radius 1 is 1.33 bits per heavy atom. The largest absolute Gasteiger partial charge is 0.369 e. The molecular weight excluding hydrogens is 262 g/mol. The van der Waals surface area contributed by atoms with Gasteiger partial charge in [-0.05, 0) is 31.4 Å². The predicted molar refractivity (Wildman–Crippen MR) is 83.2 cm³/mol. The Balaban J connectivity index is 1.76. The first-order chi connectivity index (χ1) is 10.2. The first-order valence-corrected chi connectivity index (χ1v) is 7.46. The third-order valence-corrected chi connectivity index (χ3v) is 4.49. The van der Waals surface area contributed by atoms with E-state index in [2.05, 4.69) is 45.8 Å². The molecule has 0 aliphatic heterocycles. The molecule has 0 saturated heterocycles. The molecule has 1 atom stereocenters. The van der Waals surface area contributed by atoms with Crippen LogP contribution in [0.25, 0.3) is 11.2 Å². The number of anilines is 1. The molecule has 5 nitrogen and oxygen atoms in total. The fourth-order valence-corrected chi connectivity index (χ4v) is 3.39. The number of aryl methyl sites for hydroxylation is 2. The Labute approximate surface area is 123 Å². The van der Waals surface area contributed by atoms with Gasteiger partial charge >= 0.3 is 0 Å². The van der Waals surface area contributed by atoms with Gasteiger partial charge in [-0.1, -0.05) is 24.3 Å². The molecule has 1 aliphatic rings. The van der Waals surface area contributed by atoms with Crippen molar-refractivity contribution in [2.75, 3.05) is 5.73 Å². The summed E-state index contributed by atoms with van der Waals surface area (Å²) in [5, 5.41) is 4.54. The first kappa shape index (κ1) is 12.4. The maximum Gasteiger partial charge on any atom is 0.202 e. The monoisotopic (exact) mass is 281 g/mol. The minimum atomic E-state index is 0.529. The average Bonchev–Trinajstić information content (AvgIpc) is 2.94. The number of nitrogens with two attached hydrogens (primary N) is 1. The van der Waals surface area contributed by atoms with Gasteiger partial charge in [0, 0.05) is 19.0 Å². The lowest BCUT2D eigenvalue weighted by Crippen LogP contribution is -2.23. The number of nitrogens with zero attached hydrogens (tertiary/aromatic N) is 4. The maximum absolute atomic E-state index is 6.15. The van der Waals surface area contributed by atoms with E-state index >= 15 is 0 Å². The van der Waals surface area contributed by atoms with Crippen LogP contribution in [-0.2, 0) is 19.5 Å². The van der Waals surface area contributed by atoms with E-state index in [1.165, 1.54) is 11.1 Å². The maximum atomic E-state index is 6.15. The molecule has 2 heterocycles. The Morgan fingerprint density at radius 2 is 2.14 bits per heavy atom. The number of imidazole rings is 1. The van der Waals surface area contributed by atoms with Gasteiger partial charge in [0.05, 0.1) is 5.69 Å². The molecule has 2 N–H and O–H groups in total. The average molecular weight is 281 g/mol. The number of hydrogen-bond acceptors (Lipinski definition) is 3. The summed E-state index contributed by atoms with van der Waals surface area (Å²) >= 11 is 0. The molecule has 1 unspecified atom stereocenters. The van der Waals surface area contributed by atoms with E-state index in [4.69, 9.17) is 5.73 Å². The van der Waals surface area contributed by atoms with Crippen LogP contribution < -0.4 is 5.73 Å². The van der Waals surface area contributed by atoms with Gasteiger partial charge < -0.3 is 5.73 Å². The molecule has 0 amide bonds. The van der Waals surface area contributed by atoms with E-state index in [-0.39, 0.29) is 0 Å². The fourth-order valence-electron chi connectivity index (χ4n) is 3.39. The predicted octanol–water partition coefficient (Wildman–Crippen LogP) is 2.48. The Kier molecular flexibility index (Phi) is 2.58. The van der Waals surface area contributed by atoms with Crippen molar-refractivity contribution >= 4 is 17.1 Å². The van der Waals surface area contributed by atoms with Crippen molar-refractivity contribution in [1.82, 2.24) is 19.3 Å². The molecule has 2 aromatic heterocycles. The van der Waals surface area contributed by atoms with Crippen molar-refractivity contribution < 1.29 is 0 Å². The van der Waals surface area contributed by atoms with Crippen LogP contribution in [0, 0.1) is 6.92 Å². The normalized spacial score (nSPS) is 17.0. The lowest BCUT2D eigenvalue weighted by Gasteiger charge is -2.30. The van der Waals surface area contributed by atoms with Crippen molar-refractivity contribution in [1.29, 1.82) is 0 Å². The third-order valence-electron chi connectivity index (χ3n) is 4.49. The van der Waals surface area contributed by atoms with Gasteiger partial charge in [0.2, 0.25) is 5.95 Å². The number of fused-ring (bicyclic) bond motifs is 2. The first-order valence-electron chi connectivity index (χ1n) is 7.46. The highest BCUT2D eigenvalue weighted by Gasteiger charge is 2.28. The molecule has 3 aromatic rings. The summed E-state index contributed by atoms with van der Waals surface area (Å²) < 4.78 is 4.12. The molecule has 108 valence electrons. The fraction of sp³-hybridized carbons (Fsp3) is 0.375. The number of rotatable bonds is 3. The van der Waals surface area contributed by atoms with E-state index in [0.717, 1.165) is 36.4 Å². The summed E-state index contributed by atoms with van der Waals surface area (Å²) in [5.74, 6) is 1.12. The van der Waals surface area contributed by atoms with Crippen molar-refractivity contribution in [2.24, 2.45) is 0 Å². The zero-order valence-electron chi connectivity index (χ0n) is 12.4. The van der Waals surface area contributed by atoms with Crippen LogP contribution in [0.5, 0.6) is 0 Å². The van der Waals surface area contributed by atoms with Crippen molar-refractivity contribution in [3.8, 4) is 0 Å². The number of benzene rings is 1. The SMILES string of the molecule is CCn1nc(C)c2nc(N)n(CC3Cc4ccccc43)c21. The van der Waals surface area contributed by atoms with Crippen LogP contribution in [0.3, 0.4) is 0 Å². The standard InChI is InChI=1S/C16H19N5/c1-3-21-15-14(10(2)19-21)18-16(17)20(15)9-12-8-11-6-4-5-7-13(11)12/h4-7,12H,3,8-9H2,1-2H3,(H2,17,18). The van der Waals surface area contributed by atoms with Crippen molar-refractivity contribution in [2.45, 2.75) is 39.3 Å². The highest BCUT2D eigenvalue weighted by Crippen LogP contribution is 2.37. The zero-order valence-corrected chi connectivity index (χ0v) is 12.4. The molecule has 0 spiro atoms. The van der Waals surface area contributed by atoms with E-state index in [1.54, 1.807) is 0 Å². The highest BCUT2D eigenvalue weighted by atomic mass is 15.4. The molecular formula is C16H19N5. The summed E-state index contributed by atoms with van der Waals surface area (Å²) in [6.07, 6.45) is 1.12. The molecule has 0 bridgehead atoms. The van der Waals surface area contributed by atoms with Crippen LogP contribution in [0.2, 0.25) is 0 Å². The topological polar surface area (TPSA) is 61.7 Å². The minimum absolute atomic E-state index is 0.529. The molecule has 1 aliphatic carbocycles. The van der Waals surface area contributed by atoms with Gasteiger partial charge in [0.1, 0.15) is 5.52 Å². The van der Waals surface area contributed by atoms with E-state index in [1.807, 2.05) is 11.6 Å². The van der Waals surface area contributed by atoms with Crippen LogP contribution in [0.1, 0.15) is 29.7 Å². The Morgan fingerprint density at radius 3 is 2.90 bits per heavy atom.